The maximum Gasteiger partial charge on any atom is 0.410 e. The zero-order valence-corrected chi connectivity index (χ0v) is 16.6. The highest BCUT2D eigenvalue weighted by molar-refractivity contribution is 6.35. The van der Waals surface area contributed by atoms with Crippen LogP contribution in [0.25, 0.3) is 0 Å². The first-order valence-corrected chi connectivity index (χ1v) is 9.61. The lowest BCUT2D eigenvalue weighted by Crippen LogP contribution is -2.53. The molecule has 25 heavy (non-hydrogen) atoms. The second kappa shape index (κ2) is 6.88. The van der Waals surface area contributed by atoms with Gasteiger partial charge in [-0.3, -0.25) is 0 Å². The Labute approximate surface area is 159 Å². The van der Waals surface area contributed by atoms with Gasteiger partial charge in [-0.2, -0.15) is 0 Å². The first kappa shape index (κ1) is 18.7. The Hall–Kier alpha value is -1.13. The van der Waals surface area contributed by atoms with Crippen molar-refractivity contribution in [3.05, 3.63) is 28.2 Å². The van der Waals surface area contributed by atoms with Crippen LogP contribution in [-0.2, 0) is 4.74 Å². The van der Waals surface area contributed by atoms with Crippen LogP contribution >= 0.6 is 23.2 Å². The Morgan fingerprint density at radius 2 is 1.88 bits per heavy atom. The smallest absolute Gasteiger partial charge is 0.410 e. The average molecular weight is 385 g/mol. The van der Waals surface area contributed by atoms with E-state index < -0.39 is 5.60 Å². The van der Waals surface area contributed by atoms with Gasteiger partial charge in [-0.15, -0.1) is 0 Å². The first-order chi connectivity index (χ1) is 11.7. The second-order valence-electron chi connectivity index (χ2n) is 8.34. The van der Waals surface area contributed by atoms with Gasteiger partial charge in [-0.25, -0.2) is 4.79 Å². The van der Waals surface area contributed by atoms with E-state index in [9.17, 15) is 4.79 Å². The lowest BCUT2D eigenvalue weighted by atomic mass is 9.60. The molecule has 1 heterocycles. The van der Waals surface area contributed by atoms with E-state index in [0.29, 0.717) is 21.5 Å². The molecule has 138 valence electrons. The van der Waals surface area contributed by atoms with Gasteiger partial charge in [-0.05, 0) is 70.1 Å². The minimum Gasteiger partial charge on any atom is -0.444 e. The summed E-state index contributed by atoms with van der Waals surface area (Å²) in [6.45, 7) is 7.26. The fourth-order valence-electron chi connectivity index (χ4n) is 3.81. The van der Waals surface area contributed by atoms with Crippen LogP contribution in [0.2, 0.25) is 10.0 Å². The van der Waals surface area contributed by atoms with Gasteiger partial charge in [-0.1, -0.05) is 23.2 Å². The van der Waals surface area contributed by atoms with E-state index in [0.717, 1.165) is 44.5 Å². The molecule has 6 heteroatoms. The van der Waals surface area contributed by atoms with Crippen LogP contribution in [-0.4, -0.2) is 35.7 Å². The molecule has 0 radical (unpaired) electrons. The number of ether oxygens (including phenoxy) is 1. The van der Waals surface area contributed by atoms with Gasteiger partial charge in [0.1, 0.15) is 5.60 Å². The van der Waals surface area contributed by atoms with Crippen LogP contribution < -0.4 is 5.32 Å². The fourth-order valence-corrected chi connectivity index (χ4v) is 4.16. The van der Waals surface area contributed by atoms with Crippen LogP contribution in [0.1, 0.15) is 46.5 Å². The molecule has 1 N–H and O–H groups in total. The number of piperidine rings is 1. The third-order valence-electron chi connectivity index (χ3n) is 5.12. The number of carbonyl (C=O) groups excluding carboxylic acids is 1. The minimum absolute atomic E-state index is 0.193. The molecule has 4 nitrogen and oxygen atoms in total. The van der Waals surface area contributed by atoms with E-state index >= 15 is 0 Å². The van der Waals surface area contributed by atoms with Crippen LogP contribution in [0.4, 0.5) is 10.5 Å². The Kier molecular flexibility index (Phi) is 5.13. The van der Waals surface area contributed by atoms with E-state index in [1.54, 1.807) is 6.07 Å². The standard InChI is InChI=1S/C19H26Cl2N2O2/c1-18(2,3)25-17(24)23-8-6-19(7-9-23)11-14(12-19)22-16-10-13(20)4-5-15(16)21/h4-5,10,14,22H,6-9,11-12H2,1-3H3. The number of rotatable bonds is 2. The van der Waals surface area contributed by atoms with Gasteiger partial charge >= 0.3 is 6.09 Å². The predicted molar refractivity (Wildman–Crippen MR) is 103 cm³/mol. The zero-order chi connectivity index (χ0) is 18.2. The SMILES string of the molecule is CC(C)(C)OC(=O)N1CCC2(CC1)CC(Nc1cc(Cl)ccc1Cl)C2. The Bertz CT molecular complexity index is 641. The summed E-state index contributed by atoms with van der Waals surface area (Å²) in [5.41, 5.74) is 0.815. The Balaban J connectivity index is 1.48. The molecule has 1 aromatic carbocycles. The van der Waals surface area contributed by atoms with Crippen LogP contribution in [0.3, 0.4) is 0 Å². The van der Waals surface area contributed by atoms with Crippen LogP contribution in [0.5, 0.6) is 0 Å². The van der Waals surface area contributed by atoms with E-state index in [2.05, 4.69) is 5.32 Å². The number of hydrogen-bond donors (Lipinski definition) is 1. The molecule has 0 unspecified atom stereocenters. The fraction of sp³-hybridized carbons (Fsp3) is 0.632. The van der Waals surface area contributed by atoms with Gasteiger partial charge in [0.2, 0.25) is 0 Å². The molecule has 0 atom stereocenters. The number of likely N-dealkylation sites (tertiary alicyclic amines) is 1. The molecular formula is C19H26Cl2N2O2. The molecule has 1 amide bonds. The topological polar surface area (TPSA) is 41.6 Å². The van der Waals surface area contributed by atoms with Crippen molar-refractivity contribution in [2.75, 3.05) is 18.4 Å². The predicted octanol–water partition coefficient (Wildman–Crippen LogP) is 5.59. The summed E-state index contributed by atoms with van der Waals surface area (Å²) in [7, 11) is 0. The summed E-state index contributed by atoms with van der Waals surface area (Å²) in [4.78, 5) is 14.0. The van der Waals surface area contributed by atoms with E-state index in [4.69, 9.17) is 27.9 Å². The number of carbonyl (C=O) groups is 1. The highest BCUT2D eigenvalue weighted by Crippen LogP contribution is 2.50. The van der Waals surface area contributed by atoms with Gasteiger partial charge < -0.3 is 15.0 Å². The molecule has 0 bridgehead atoms. The molecule has 1 aromatic rings. The second-order valence-corrected chi connectivity index (χ2v) is 9.18. The van der Waals surface area contributed by atoms with Crippen molar-refractivity contribution >= 4 is 35.0 Å². The number of amides is 1. The Morgan fingerprint density at radius 3 is 2.48 bits per heavy atom. The normalized spacial score (nSPS) is 20.3. The molecule has 1 saturated carbocycles. The highest BCUT2D eigenvalue weighted by Gasteiger charge is 2.46. The minimum atomic E-state index is -0.437. The lowest BCUT2D eigenvalue weighted by molar-refractivity contribution is -0.00859. The van der Waals surface area contributed by atoms with Crippen LogP contribution in [0.15, 0.2) is 18.2 Å². The van der Waals surface area contributed by atoms with Crippen molar-refractivity contribution < 1.29 is 9.53 Å². The van der Waals surface area contributed by atoms with Gasteiger partial charge in [0.15, 0.2) is 0 Å². The van der Waals surface area contributed by atoms with E-state index in [1.807, 2.05) is 37.8 Å². The lowest BCUT2D eigenvalue weighted by Gasteiger charge is -2.52. The molecule has 0 aromatic heterocycles. The average Bonchev–Trinajstić information content (AvgIpc) is 2.48. The van der Waals surface area contributed by atoms with Crippen molar-refractivity contribution in [2.45, 2.75) is 58.1 Å². The summed E-state index contributed by atoms with van der Waals surface area (Å²) in [6.07, 6.45) is 4.10. The van der Waals surface area contributed by atoms with Crippen molar-refractivity contribution in [1.29, 1.82) is 0 Å². The molecule has 1 spiro atoms. The summed E-state index contributed by atoms with van der Waals surface area (Å²) >= 11 is 12.3. The monoisotopic (exact) mass is 384 g/mol. The summed E-state index contributed by atoms with van der Waals surface area (Å²) in [5, 5.41) is 4.89. The summed E-state index contributed by atoms with van der Waals surface area (Å²) < 4.78 is 5.47. The van der Waals surface area contributed by atoms with Gasteiger partial charge in [0, 0.05) is 24.2 Å². The third kappa shape index (κ3) is 4.53. The quantitative estimate of drug-likeness (QED) is 0.722. The number of benzene rings is 1. The first-order valence-electron chi connectivity index (χ1n) is 8.85. The van der Waals surface area contributed by atoms with Crippen molar-refractivity contribution in [1.82, 2.24) is 4.90 Å². The largest absolute Gasteiger partial charge is 0.444 e. The number of nitrogens with zero attached hydrogens (tertiary/aromatic N) is 1. The molecule has 1 aliphatic heterocycles. The Morgan fingerprint density at radius 1 is 1.24 bits per heavy atom. The molecular weight excluding hydrogens is 359 g/mol. The molecule has 2 fully saturated rings. The number of nitrogens with one attached hydrogen (secondary N) is 1. The van der Waals surface area contributed by atoms with Crippen molar-refractivity contribution in [3.63, 3.8) is 0 Å². The van der Waals surface area contributed by atoms with E-state index in [-0.39, 0.29) is 6.09 Å². The molecule has 2 aliphatic rings. The van der Waals surface area contributed by atoms with Gasteiger partial charge in [0.05, 0.1) is 10.7 Å². The zero-order valence-electron chi connectivity index (χ0n) is 15.1. The summed E-state index contributed by atoms with van der Waals surface area (Å²) in [6, 6.07) is 5.91. The number of anilines is 1. The number of halogens is 2. The maximum atomic E-state index is 12.2. The summed E-state index contributed by atoms with van der Waals surface area (Å²) in [5.74, 6) is 0. The van der Waals surface area contributed by atoms with Crippen LogP contribution in [0, 0.1) is 5.41 Å². The van der Waals surface area contributed by atoms with E-state index in [1.165, 1.54) is 0 Å². The molecule has 3 rings (SSSR count). The van der Waals surface area contributed by atoms with Crippen molar-refractivity contribution in [3.8, 4) is 0 Å². The highest BCUT2D eigenvalue weighted by atomic mass is 35.5. The van der Waals surface area contributed by atoms with Gasteiger partial charge in [0.25, 0.3) is 0 Å². The number of hydrogen-bond acceptors (Lipinski definition) is 3. The molecule has 1 aliphatic carbocycles. The molecule has 1 saturated heterocycles. The van der Waals surface area contributed by atoms with Crippen molar-refractivity contribution in [2.24, 2.45) is 5.41 Å². The third-order valence-corrected chi connectivity index (χ3v) is 5.69. The maximum absolute atomic E-state index is 12.2.